The second-order valence-corrected chi connectivity index (χ2v) is 4.08. The van der Waals surface area contributed by atoms with E-state index < -0.39 is 18.0 Å². The Balaban J connectivity index is 2.35. The Morgan fingerprint density at radius 1 is 0.833 bits per heavy atom. The van der Waals surface area contributed by atoms with Crippen molar-refractivity contribution in [1.29, 1.82) is 0 Å². The predicted octanol–water partition coefficient (Wildman–Crippen LogP) is 2.59. The van der Waals surface area contributed by atoms with E-state index in [2.05, 4.69) is 0 Å². The Bertz CT molecular complexity index is 508. The molecule has 0 heterocycles. The van der Waals surface area contributed by atoms with Gasteiger partial charge in [-0.3, -0.25) is 4.79 Å². The molecule has 0 spiro atoms. The molecule has 2 atom stereocenters. The molecule has 0 aliphatic heterocycles. The molecule has 18 heavy (non-hydrogen) atoms. The number of aliphatic hydroxyl groups is 1. The maximum absolute atomic E-state index is 11.4. The fourth-order valence-electron chi connectivity index (χ4n) is 1.96. The lowest BCUT2D eigenvalue weighted by molar-refractivity contribution is -0.141. The van der Waals surface area contributed by atoms with E-state index in [1.165, 1.54) is 0 Å². The molecular weight excluding hydrogens is 228 g/mol. The lowest BCUT2D eigenvalue weighted by Gasteiger charge is -2.19. The Morgan fingerprint density at radius 2 is 1.28 bits per heavy atom. The third-order valence-corrected chi connectivity index (χ3v) is 2.88. The lowest BCUT2D eigenvalue weighted by atomic mass is 9.89. The molecule has 0 bridgehead atoms. The number of hydrogen-bond donors (Lipinski definition) is 2. The summed E-state index contributed by atoms with van der Waals surface area (Å²) in [5.74, 6) is -1.98. The van der Waals surface area contributed by atoms with E-state index in [-0.39, 0.29) is 0 Å². The summed E-state index contributed by atoms with van der Waals surface area (Å²) in [5, 5.41) is 19.5. The highest BCUT2D eigenvalue weighted by Gasteiger charge is 2.29. The van der Waals surface area contributed by atoms with Crippen molar-refractivity contribution in [2.45, 2.75) is 12.0 Å². The number of aliphatic carboxylic acids is 1. The quantitative estimate of drug-likeness (QED) is 0.866. The van der Waals surface area contributed by atoms with E-state index in [0.29, 0.717) is 11.1 Å². The molecule has 3 heteroatoms. The SMILES string of the molecule is O=C(O)C(c1ccccc1)C(O)c1ccccc1. The van der Waals surface area contributed by atoms with Crippen molar-refractivity contribution in [2.24, 2.45) is 0 Å². The number of aliphatic hydroxyl groups excluding tert-OH is 1. The van der Waals surface area contributed by atoms with Crippen LogP contribution >= 0.6 is 0 Å². The summed E-state index contributed by atoms with van der Waals surface area (Å²) in [7, 11) is 0. The minimum atomic E-state index is -1.05. The number of carbonyl (C=O) groups is 1. The highest BCUT2D eigenvalue weighted by Crippen LogP contribution is 2.30. The van der Waals surface area contributed by atoms with Gasteiger partial charge in [0.15, 0.2) is 0 Å². The number of benzene rings is 2. The highest BCUT2D eigenvalue weighted by molar-refractivity contribution is 5.77. The molecule has 0 radical (unpaired) electrons. The highest BCUT2D eigenvalue weighted by atomic mass is 16.4. The summed E-state index contributed by atoms with van der Waals surface area (Å²) in [6.07, 6.45) is -1.05. The van der Waals surface area contributed by atoms with E-state index >= 15 is 0 Å². The van der Waals surface area contributed by atoms with Crippen LogP contribution in [0.1, 0.15) is 23.1 Å². The number of hydrogen-bond acceptors (Lipinski definition) is 2. The van der Waals surface area contributed by atoms with E-state index in [1.54, 1.807) is 48.5 Å². The summed E-state index contributed by atoms with van der Waals surface area (Å²) in [5.41, 5.74) is 1.20. The largest absolute Gasteiger partial charge is 0.481 e. The van der Waals surface area contributed by atoms with Gasteiger partial charge in [-0.25, -0.2) is 0 Å². The number of carboxylic acid groups (broad SMARTS) is 1. The summed E-state index contributed by atoms with van der Waals surface area (Å²) < 4.78 is 0. The second-order valence-electron chi connectivity index (χ2n) is 4.08. The Hall–Kier alpha value is -2.13. The summed E-state index contributed by atoms with van der Waals surface area (Å²) in [6, 6.07) is 17.6. The smallest absolute Gasteiger partial charge is 0.314 e. The van der Waals surface area contributed by atoms with Gasteiger partial charge in [-0.05, 0) is 11.1 Å². The van der Waals surface area contributed by atoms with Crippen LogP contribution in [0.4, 0.5) is 0 Å². The minimum Gasteiger partial charge on any atom is -0.481 e. The molecule has 0 aliphatic rings. The molecule has 92 valence electrons. The predicted molar refractivity (Wildman–Crippen MR) is 68.2 cm³/mol. The average Bonchev–Trinajstić information content (AvgIpc) is 2.40. The molecule has 0 aromatic heterocycles. The monoisotopic (exact) mass is 242 g/mol. The van der Waals surface area contributed by atoms with Gasteiger partial charge in [0.05, 0.1) is 6.10 Å². The third-order valence-electron chi connectivity index (χ3n) is 2.88. The van der Waals surface area contributed by atoms with Crippen LogP contribution in [-0.2, 0) is 4.79 Å². The van der Waals surface area contributed by atoms with E-state index in [0.717, 1.165) is 0 Å². The van der Waals surface area contributed by atoms with Gasteiger partial charge in [0.2, 0.25) is 0 Å². The number of carboxylic acids is 1. The van der Waals surface area contributed by atoms with Crippen molar-refractivity contribution in [3.8, 4) is 0 Å². The molecule has 3 nitrogen and oxygen atoms in total. The summed E-state index contributed by atoms with van der Waals surface area (Å²) >= 11 is 0. The molecule has 0 saturated heterocycles. The van der Waals surface area contributed by atoms with Crippen LogP contribution in [-0.4, -0.2) is 16.2 Å². The maximum Gasteiger partial charge on any atom is 0.314 e. The van der Waals surface area contributed by atoms with Crippen LogP contribution in [0.2, 0.25) is 0 Å². The average molecular weight is 242 g/mol. The second kappa shape index (κ2) is 5.47. The minimum absolute atomic E-state index is 0.598. The normalized spacial score (nSPS) is 13.8. The standard InChI is InChI=1S/C15H14O3/c16-14(12-9-5-2-6-10-12)13(15(17)18)11-7-3-1-4-8-11/h1-10,13-14,16H,(H,17,18). The van der Waals surface area contributed by atoms with Crippen molar-refractivity contribution in [2.75, 3.05) is 0 Å². The van der Waals surface area contributed by atoms with Gasteiger partial charge in [-0.2, -0.15) is 0 Å². The molecule has 0 saturated carbocycles. The first-order valence-corrected chi connectivity index (χ1v) is 5.71. The molecule has 2 unspecified atom stereocenters. The van der Waals surface area contributed by atoms with Gasteiger partial charge in [0.1, 0.15) is 5.92 Å². The van der Waals surface area contributed by atoms with Crippen LogP contribution < -0.4 is 0 Å². The van der Waals surface area contributed by atoms with Crippen molar-refractivity contribution < 1.29 is 15.0 Å². The van der Waals surface area contributed by atoms with Crippen molar-refractivity contribution in [3.05, 3.63) is 71.8 Å². The van der Waals surface area contributed by atoms with Crippen LogP contribution in [0.15, 0.2) is 60.7 Å². The molecule has 2 rings (SSSR count). The van der Waals surface area contributed by atoms with Gasteiger partial charge >= 0.3 is 5.97 Å². The van der Waals surface area contributed by atoms with Crippen LogP contribution in [0, 0.1) is 0 Å². The van der Waals surface area contributed by atoms with Gasteiger partial charge < -0.3 is 10.2 Å². The van der Waals surface area contributed by atoms with E-state index in [1.807, 2.05) is 12.1 Å². The maximum atomic E-state index is 11.4. The molecule has 2 aromatic rings. The zero-order chi connectivity index (χ0) is 13.0. The van der Waals surface area contributed by atoms with Crippen molar-refractivity contribution >= 4 is 5.97 Å². The first-order chi connectivity index (χ1) is 8.70. The van der Waals surface area contributed by atoms with Crippen molar-refractivity contribution in [1.82, 2.24) is 0 Å². The van der Waals surface area contributed by atoms with Gasteiger partial charge in [0.25, 0.3) is 0 Å². The van der Waals surface area contributed by atoms with Crippen LogP contribution in [0.25, 0.3) is 0 Å². The topological polar surface area (TPSA) is 57.5 Å². The Morgan fingerprint density at radius 3 is 1.72 bits per heavy atom. The van der Waals surface area contributed by atoms with Crippen LogP contribution in [0.5, 0.6) is 0 Å². The summed E-state index contributed by atoms with van der Waals surface area (Å²) in [6.45, 7) is 0. The van der Waals surface area contributed by atoms with Crippen LogP contribution in [0.3, 0.4) is 0 Å². The van der Waals surface area contributed by atoms with Crippen molar-refractivity contribution in [3.63, 3.8) is 0 Å². The molecule has 0 amide bonds. The lowest BCUT2D eigenvalue weighted by Crippen LogP contribution is -2.19. The Kier molecular flexibility index (Phi) is 3.75. The molecule has 2 aromatic carbocycles. The van der Waals surface area contributed by atoms with Gasteiger partial charge in [0, 0.05) is 0 Å². The molecule has 0 aliphatic carbocycles. The fraction of sp³-hybridized carbons (Fsp3) is 0.133. The zero-order valence-corrected chi connectivity index (χ0v) is 9.73. The van der Waals surface area contributed by atoms with E-state index in [9.17, 15) is 15.0 Å². The third kappa shape index (κ3) is 2.57. The molecule has 0 fully saturated rings. The fourth-order valence-corrected chi connectivity index (χ4v) is 1.96. The molecule has 2 N–H and O–H groups in total. The number of rotatable bonds is 4. The van der Waals surface area contributed by atoms with E-state index in [4.69, 9.17) is 0 Å². The first kappa shape index (κ1) is 12.3. The molecular formula is C15H14O3. The zero-order valence-electron chi connectivity index (χ0n) is 9.73. The van der Waals surface area contributed by atoms with Gasteiger partial charge in [-0.15, -0.1) is 0 Å². The first-order valence-electron chi connectivity index (χ1n) is 5.71. The van der Waals surface area contributed by atoms with Gasteiger partial charge in [-0.1, -0.05) is 60.7 Å². The summed E-state index contributed by atoms with van der Waals surface area (Å²) in [4.78, 5) is 11.4. The Labute approximate surface area is 105 Å².